The molecule has 0 aliphatic carbocycles. The third-order valence-corrected chi connectivity index (χ3v) is 4.98. The van der Waals surface area contributed by atoms with E-state index in [1.165, 1.54) is 0 Å². The Hall–Kier alpha value is -1.24. The topological polar surface area (TPSA) is 54.5 Å². The van der Waals surface area contributed by atoms with Crippen LogP contribution in [0.1, 0.15) is 37.6 Å². The first-order valence-electron chi connectivity index (χ1n) is 8.09. The molecular weight excluding hydrogens is 310 g/mol. The van der Waals surface area contributed by atoms with Crippen molar-refractivity contribution in [3.8, 4) is 0 Å². The Morgan fingerprint density at radius 3 is 2.78 bits per heavy atom. The molecule has 1 N–H and O–H groups in total. The lowest BCUT2D eigenvalue weighted by Crippen LogP contribution is -2.45. The van der Waals surface area contributed by atoms with Crippen molar-refractivity contribution in [1.29, 1.82) is 0 Å². The van der Waals surface area contributed by atoms with Crippen molar-refractivity contribution in [1.82, 2.24) is 15.2 Å². The zero-order chi connectivity index (χ0) is 16.9. The molecule has 1 saturated heterocycles. The van der Waals surface area contributed by atoms with Crippen molar-refractivity contribution in [3.63, 3.8) is 0 Å². The van der Waals surface area contributed by atoms with Gasteiger partial charge in [0.05, 0.1) is 18.2 Å². The molecule has 2 heterocycles. The molecule has 0 saturated carbocycles. The van der Waals surface area contributed by atoms with Gasteiger partial charge in [0.15, 0.2) is 0 Å². The number of hydrogen-bond donors (Lipinski definition) is 1. The molecule has 5 nitrogen and oxygen atoms in total. The van der Waals surface area contributed by atoms with Crippen LogP contribution in [-0.4, -0.2) is 54.7 Å². The van der Waals surface area contributed by atoms with Gasteiger partial charge in [0.1, 0.15) is 0 Å². The minimum atomic E-state index is -0.0588. The number of carbonyl (C=O) groups is 1. The number of ether oxygens (including phenoxy) is 1. The van der Waals surface area contributed by atoms with E-state index < -0.39 is 0 Å². The lowest BCUT2D eigenvalue weighted by molar-refractivity contribution is -0.117. The Kier molecular flexibility index (Phi) is 6.33. The van der Waals surface area contributed by atoms with E-state index in [0.717, 1.165) is 42.7 Å². The third-order valence-electron chi connectivity index (χ3n) is 3.59. The highest BCUT2D eigenvalue weighted by Crippen LogP contribution is 2.27. The Labute approximate surface area is 142 Å². The predicted molar refractivity (Wildman–Crippen MR) is 94.7 cm³/mol. The first-order chi connectivity index (χ1) is 10.8. The fourth-order valence-electron chi connectivity index (χ4n) is 2.38. The molecule has 128 valence electrons. The molecule has 1 unspecified atom stereocenters. The van der Waals surface area contributed by atoms with Crippen LogP contribution in [0.25, 0.3) is 6.08 Å². The number of amides is 1. The van der Waals surface area contributed by atoms with Crippen molar-refractivity contribution < 1.29 is 9.53 Å². The van der Waals surface area contributed by atoms with Crippen molar-refractivity contribution in [2.45, 2.75) is 39.2 Å². The highest BCUT2D eigenvalue weighted by molar-refractivity contribution is 7.12. The Balaban J connectivity index is 1.80. The lowest BCUT2D eigenvalue weighted by Gasteiger charge is -2.29. The summed E-state index contributed by atoms with van der Waals surface area (Å²) in [6.45, 7) is 12.7. The smallest absolute Gasteiger partial charge is 0.244 e. The predicted octanol–water partition coefficient (Wildman–Crippen LogP) is 2.29. The lowest BCUT2D eigenvalue weighted by atomic mass is 9.98. The van der Waals surface area contributed by atoms with Crippen LogP contribution >= 0.6 is 11.3 Å². The van der Waals surface area contributed by atoms with Crippen LogP contribution in [0, 0.1) is 0 Å². The van der Waals surface area contributed by atoms with Crippen LogP contribution in [-0.2, 0) is 14.9 Å². The number of thiazole rings is 1. The number of rotatable bonds is 5. The summed E-state index contributed by atoms with van der Waals surface area (Å²) in [4.78, 5) is 19.8. The normalized spacial score (nSPS) is 18.3. The van der Waals surface area contributed by atoms with E-state index in [9.17, 15) is 4.79 Å². The number of nitrogens with zero attached hydrogens (tertiary/aromatic N) is 2. The summed E-state index contributed by atoms with van der Waals surface area (Å²) in [5.74, 6) is -0.0588. The highest BCUT2D eigenvalue weighted by atomic mass is 32.1. The van der Waals surface area contributed by atoms with Gasteiger partial charge in [-0.15, -0.1) is 11.3 Å². The van der Waals surface area contributed by atoms with Crippen LogP contribution in [0.15, 0.2) is 12.3 Å². The molecule has 1 aliphatic heterocycles. The first kappa shape index (κ1) is 18.1. The molecule has 0 radical (unpaired) electrons. The van der Waals surface area contributed by atoms with Gasteiger partial charge in [0.2, 0.25) is 5.91 Å². The van der Waals surface area contributed by atoms with Gasteiger partial charge in [-0.25, -0.2) is 4.98 Å². The Bertz CT molecular complexity index is 542. The fourth-order valence-corrected chi connectivity index (χ4v) is 3.25. The van der Waals surface area contributed by atoms with Gasteiger partial charge in [-0.2, -0.15) is 0 Å². The molecule has 2 rings (SSSR count). The maximum Gasteiger partial charge on any atom is 0.244 e. The fraction of sp³-hybridized carbons (Fsp3) is 0.647. The Morgan fingerprint density at radius 2 is 2.17 bits per heavy atom. The summed E-state index contributed by atoms with van der Waals surface area (Å²) in [5.41, 5.74) is 0.0473. The molecule has 1 aromatic heterocycles. The number of aromatic nitrogens is 1. The first-order valence-corrected chi connectivity index (χ1v) is 8.91. The van der Waals surface area contributed by atoms with Gasteiger partial charge < -0.3 is 10.1 Å². The molecule has 6 heteroatoms. The molecule has 0 bridgehead atoms. The maximum atomic E-state index is 12.0. The summed E-state index contributed by atoms with van der Waals surface area (Å²) in [5, 5.41) is 4.09. The molecule has 1 fully saturated rings. The van der Waals surface area contributed by atoms with Gasteiger partial charge in [0, 0.05) is 48.2 Å². The molecular formula is C17H27N3O2S. The van der Waals surface area contributed by atoms with Crippen LogP contribution in [0.5, 0.6) is 0 Å². The van der Waals surface area contributed by atoms with Crippen LogP contribution in [0.2, 0.25) is 0 Å². The largest absolute Gasteiger partial charge is 0.379 e. The minimum Gasteiger partial charge on any atom is -0.379 e. The number of carbonyl (C=O) groups excluding carboxylic acids is 1. The molecule has 1 atom stereocenters. The summed E-state index contributed by atoms with van der Waals surface area (Å²) in [7, 11) is 0. The van der Waals surface area contributed by atoms with E-state index in [2.05, 4.69) is 36.0 Å². The molecule has 23 heavy (non-hydrogen) atoms. The minimum absolute atomic E-state index is 0.0473. The van der Waals surface area contributed by atoms with Crippen LogP contribution in [0.4, 0.5) is 0 Å². The van der Waals surface area contributed by atoms with Gasteiger partial charge in [-0.05, 0) is 13.0 Å². The summed E-state index contributed by atoms with van der Waals surface area (Å²) in [6, 6.07) is 0.122. The number of hydrogen-bond acceptors (Lipinski definition) is 5. The van der Waals surface area contributed by atoms with Gasteiger partial charge in [0.25, 0.3) is 0 Å². The van der Waals surface area contributed by atoms with E-state index in [4.69, 9.17) is 4.74 Å². The highest BCUT2D eigenvalue weighted by Gasteiger charge is 2.17. The van der Waals surface area contributed by atoms with Crippen LogP contribution in [0.3, 0.4) is 0 Å². The average molecular weight is 337 g/mol. The standard InChI is InChI=1S/C17H27N3O2S/c1-13(12-20-7-9-22-10-8-20)19-15(21)6-5-14-11-18-16(23-14)17(2,3)4/h5-6,11,13H,7-10,12H2,1-4H3,(H,19,21)/b6-5+. The van der Waals surface area contributed by atoms with Gasteiger partial charge in [-0.1, -0.05) is 20.8 Å². The summed E-state index contributed by atoms with van der Waals surface area (Å²) < 4.78 is 5.33. The second-order valence-corrected chi connectivity index (χ2v) is 8.04. The van der Waals surface area contributed by atoms with Crippen molar-refractivity contribution in [2.24, 2.45) is 0 Å². The molecule has 1 aromatic rings. The Morgan fingerprint density at radius 1 is 1.48 bits per heavy atom. The quantitative estimate of drug-likeness (QED) is 0.838. The van der Waals surface area contributed by atoms with Gasteiger partial charge in [-0.3, -0.25) is 9.69 Å². The summed E-state index contributed by atoms with van der Waals surface area (Å²) >= 11 is 1.63. The monoisotopic (exact) mass is 337 g/mol. The zero-order valence-corrected chi connectivity index (χ0v) is 15.3. The molecule has 0 spiro atoms. The SMILES string of the molecule is CC(CN1CCOCC1)NC(=O)/C=C/c1cnc(C(C)(C)C)s1. The maximum absolute atomic E-state index is 12.0. The van der Waals surface area contributed by atoms with E-state index in [1.807, 2.05) is 19.2 Å². The molecule has 0 aromatic carbocycles. The van der Waals surface area contributed by atoms with Crippen LogP contribution < -0.4 is 5.32 Å². The average Bonchev–Trinajstić information content (AvgIpc) is 2.95. The van der Waals surface area contributed by atoms with E-state index in [0.29, 0.717) is 0 Å². The second-order valence-electron chi connectivity index (χ2n) is 6.97. The van der Waals surface area contributed by atoms with Crippen molar-refractivity contribution >= 4 is 23.3 Å². The summed E-state index contributed by atoms with van der Waals surface area (Å²) in [6.07, 6.45) is 5.26. The second kappa shape index (κ2) is 8.04. The third kappa shape index (κ3) is 6.05. The van der Waals surface area contributed by atoms with E-state index in [1.54, 1.807) is 17.4 Å². The van der Waals surface area contributed by atoms with Crippen molar-refractivity contribution in [3.05, 3.63) is 22.2 Å². The number of morpholine rings is 1. The van der Waals surface area contributed by atoms with E-state index >= 15 is 0 Å². The zero-order valence-electron chi connectivity index (χ0n) is 14.5. The molecule has 1 amide bonds. The number of nitrogens with one attached hydrogen (secondary N) is 1. The molecule has 1 aliphatic rings. The van der Waals surface area contributed by atoms with Crippen molar-refractivity contribution in [2.75, 3.05) is 32.8 Å². The van der Waals surface area contributed by atoms with E-state index in [-0.39, 0.29) is 17.4 Å². The van der Waals surface area contributed by atoms with Gasteiger partial charge >= 0.3 is 0 Å².